The lowest BCUT2D eigenvalue weighted by Gasteiger charge is -2.33. The molecule has 2 fully saturated rings. The molecule has 0 atom stereocenters. The monoisotopic (exact) mass is 547 g/mol. The average molecular weight is 547 g/mol. The molecule has 0 bridgehead atoms. The van der Waals surface area contributed by atoms with Crippen molar-refractivity contribution >= 4 is 35.8 Å². The molecule has 2 rings (SSSR count). The van der Waals surface area contributed by atoms with Crippen molar-refractivity contribution in [1.82, 2.24) is 20.4 Å². The zero-order valence-electron chi connectivity index (χ0n) is 18.4. The summed E-state index contributed by atoms with van der Waals surface area (Å²) >= 11 is 0. The summed E-state index contributed by atoms with van der Waals surface area (Å²) in [6.07, 6.45) is 2.31. The molecule has 0 aromatic carbocycles. The molecule has 1 saturated carbocycles. The van der Waals surface area contributed by atoms with E-state index in [-0.39, 0.29) is 35.3 Å². The van der Waals surface area contributed by atoms with Gasteiger partial charge in [-0.1, -0.05) is 12.8 Å². The fraction of sp³-hybridized carbons (Fsp3) is 0.900. The van der Waals surface area contributed by atoms with Crippen LogP contribution in [0.3, 0.4) is 0 Å². The Morgan fingerprint density at radius 1 is 1.17 bits per heavy atom. The second kappa shape index (κ2) is 12.3. The maximum atomic E-state index is 12.7. The number of hydrogen-bond donors (Lipinski definition) is 2. The van der Waals surface area contributed by atoms with Gasteiger partial charge in [0.2, 0.25) is 5.91 Å². The Morgan fingerprint density at radius 3 is 2.27 bits per heavy atom. The minimum absolute atomic E-state index is 0. The normalized spacial score (nSPS) is 20.5. The summed E-state index contributed by atoms with van der Waals surface area (Å²) in [5.74, 6) is 1.28. The second-order valence-corrected chi connectivity index (χ2v) is 8.66. The first-order valence-electron chi connectivity index (χ1n) is 10.6. The number of nitrogens with one attached hydrogen (secondary N) is 2. The molecular formula is C20H37F3IN5O. The first kappa shape index (κ1) is 27.3. The fourth-order valence-electron chi connectivity index (χ4n) is 4.55. The van der Waals surface area contributed by atoms with Gasteiger partial charge in [0.05, 0.1) is 12.0 Å². The van der Waals surface area contributed by atoms with E-state index in [2.05, 4.69) is 15.6 Å². The molecule has 0 aromatic heterocycles. The van der Waals surface area contributed by atoms with Gasteiger partial charge in [-0.05, 0) is 51.1 Å². The molecule has 6 nitrogen and oxygen atoms in total. The number of carbonyl (C=O) groups excluding carboxylic acids is 1. The predicted octanol–water partition coefficient (Wildman–Crippen LogP) is 3.08. The smallest absolute Gasteiger partial charge is 0.356 e. The number of alkyl halides is 3. The standard InChI is InChI=1S/C20H36F3N5O.HI/c1-24-18(26-14-19(9-4-5-10-19)17(29)27(2)3)25-11-6-16-7-12-28(13-8-16)15-20(21,22)23;/h16H,4-15H2,1-3H3,(H2,24,25,26);1H. The first-order chi connectivity index (χ1) is 13.6. The van der Waals surface area contributed by atoms with Crippen molar-refractivity contribution in [3.63, 3.8) is 0 Å². The summed E-state index contributed by atoms with van der Waals surface area (Å²) in [7, 11) is 5.31. The third kappa shape index (κ3) is 8.39. The van der Waals surface area contributed by atoms with Crippen molar-refractivity contribution in [3.8, 4) is 0 Å². The van der Waals surface area contributed by atoms with Crippen LogP contribution in [0.15, 0.2) is 4.99 Å². The number of hydrogen-bond acceptors (Lipinski definition) is 3. The Morgan fingerprint density at radius 2 is 1.77 bits per heavy atom. The lowest BCUT2D eigenvalue weighted by Crippen LogP contribution is -2.49. The van der Waals surface area contributed by atoms with E-state index in [1.165, 1.54) is 4.90 Å². The average Bonchev–Trinajstić information content (AvgIpc) is 3.14. The molecule has 2 aliphatic rings. The van der Waals surface area contributed by atoms with E-state index in [1.54, 1.807) is 26.0 Å². The van der Waals surface area contributed by atoms with Gasteiger partial charge in [-0.15, -0.1) is 24.0 Å². The number of likely N-dealkylation sites (tertiary alicyclic amines) is 1. The minimum atomic E-state index is -4.11. The molecule has 10 heteroatoms. The molecular weight excluding hydrogens is 510 g/mol. The van der Waals surface area contributed by atoms with Crippen molar-refractivity contribution in [1.29, 1.82) is 0 Å². The molecule has 176 valence electrons. The molecule has 1 heterocycles. The SMILES string of the molecule is CN=C(NCCC1CCN(CC(F)(F)F)CC1)NCC1(C(=O)N(C)C)CCCC1.I. The first-order valence-corrected chi connectivity index (χ1v) is 10.6. The van der Waals surface area contributed by atoms with Crippen molar-refractivity contribution in [2.45, 2.75) is 51.1 Å². The summed E-state index contributed by atoms with van der Waals surface area (Å²) in [5.41, 5.74) is -0.355. The number of carbonyl (C=O) groups is 1. The number of nitrogens with zero attached hydrogens (tertiary/aromatic N) is 3. The molecule has 0 aromatic rings. The Balaban J connectivity index is 0.00000450. The van der Waals surface area contributed by atoms with Crippen molar-refractivity contribution in [3.05, 3.63) is 0 Å². The van der Waals surface area contributed by atoms with Gasteiger partial charge in [0, 0.05) is 34.2 Å². The van der Waals surface area contributed by atoms with E-state index in [0.29, 0.717) is 31.5 Å². The van der Waals surface area contributed by atoms with E-state index < -0.39 is 12.7 Å². The van der Waals surface area contributed by atoms with Gasteiger partial charge in [-0.2, -0.15) is 13.2 Å². The largest absolute Gasteiger partial charge is 0.401 e. The minimum Gasteiger partial charge on any atom is -0.356 e. The van der Waals surface area contributed by atoms with Gasteiger partial charge in [-0.25, -0.2) is 0 Å². The van der Waals surface area contributed by atoms with Crippen LogP contribution in [-0.2, 0) is 4.79 Å². The molecule has 1 aliphatic heterocycles. The summed E-state index contributed by atoms with van der Waals surface area (Å²) in [6.45, 7) is 1.50. The molecule has 0 spiro atoms. The van der Waals surface area contributed by atoms with Crippen molar-refractivity contribution in [2.75, 3.05) is 53.9 Å². The zero-order chi connectivity index (χ0) is 21.5. The Bertz CT molecular complexity index is 557. The number of aliphatic imine (C=N–C) groups is 1. The number of guanidine groups is 1. The van der Waals surface area contributed by atoms with Crippen LogP contribution in [0, 0.1) is 11.3 Å². The van der Waals surface area contributed by atoms with Gasteiger partial charge >= 0.3 is 6.18 Å². The van der Waals surface area contributed by atoms with Crippen LogP contribution >= 0.6 is 24.0 Å². The molecule has 0 unspecified atom stereocenters. The molecule has 1 saturated heterocycles. The maximum Gasteiger partial charge on any atom is 0.401 e. The van der Waals surface area contributed by atoms with Crippen molar-refractivity contribution < 1.29 is 18.0 Å². The Labute approximate surface area is 195 Å². The summed E-state index contributed by atoms with van der Waals surface area (Å²) in [6, 6.07) is 0. The number of rotatable bonds is 7. The third-order valence-electron chi connectivity index (χ3n) is 6.19. The van der Waals surface area contributed by atoms with Crippen LogP contribution in [0.5, 0.6) is 0 Å². The zero-order valence-corrected chi connectivity index (χ0v) is 20.7. The Kier molecular flexibility index (Phi) is 11.2. The fourth-order valence-corrected chi connectivity index (χ4v) is 4.55. The van der Waals surface area contributed by atoms with Crippen LogP contribution in [0.1, 0.15) is 44.9 Å². The molecule has 2 N–H and O–H groups in total. The maximum absolute atomic E-state index is 12.7. The highest BCUT2D eigenvalue weighted by Gasteiger charge is 2.42. The van der Waals surface area contributed by atoms with Gasteiger partial charge in [0.1, 0.15) is 0 Å². The molecule has 1 aliphatic carbocycles. The number of piperidine rings is 1. The second-order valence-electron chi connectivity index (χ2n) is 8.66. The lowest BCUT2D eigenvalue weighted by molar-refractivity contribution is -0.148. The van der Waals surface area contributed by atoms with Crippen molar-refractivity contribution in [2.24, 2.45) is 16.3 Å². The molecule has 0 radical (unpaired) electrons. The van der Waals surface area contributed by atoms with E-state index in [1.807, 2.05) is 0 Å². The topological polar surface area (TPSA) is 60.0 Å². The number of amides is 1. The van der Waals surface area contributed by atoms with Crippen LogP contribution in [-0.4, -0.2) is 81.7 Å². The van der Waals surface area contributed by atoms with E-state index in [0.717, 1.165) is 51.5 Å². The van der Waals surface area contributed by atoms with E-state index in [9.17, 15) is 18.0 Å². The van der Waals surface area contributed by atoms with E-state index >= 15 is 0 Å². The van der Waals surface area contributed by atoms with Gasteiger partial charge in [-0.3, -0.25) is 14.7 Å². The third-order valence-corrected chi connectivity index (χ3v) is 6.19. The van der Waals surface area contributed by atoms with Crippen LogP contribution in [0.25, 0.3) is 0 Å². The molecule has 30 heavy (non-hydrogen) atoms. The lowest BCUT2D eigenvalue weighted by atomic mass is 9.84. The quantitative estimate of drug-likeness (QED) is 0.292. The Hall–Kier alpha value is -0.780. The van der Waals surface area contributed by atoms with Gasteiger partial charge < -0.3 is 15.5 Å². The highest BCUT2D eigenvalue weighted by molar-refractivity contribution is 14.0. The number of halogens is 4. The molecule has 1 amide bonds. The van der Waals surface area contributed by atoms with Crippen LogP contribution in [0.2, 0.25) is 0 Å². The summed E-state index contributed by atoms with van der Waals surface area (Å²) < 4.78 is 37.4. The van der Waals surface area contributed by atoms with E-state index in [4.69, 9.17) is 0 Å². The van der Waals surface area contributed by atoms with Crippen LogP contribution < -0.4 is 10.6 Å². The predicted molar refractivity (Wildman–Crippen MR) is 124 cm³/mol. The van der Waals surface area contributed by atoms with Gasteiger partial charge in [0.15, 0.2) is 5.96 Å². The van der Waals surface area contributed by atoms with Crippen LogP contribution in [0.4, 0.5) is 13.2 Å². The summed E-state index contributed by atoms with van der Waals surface area (Å²) in [5, 5.41) is 6.61. The summed E-state index contributed by atoms with van der Waals surface area (Å²) in [4.78, 5) is 20.1. The highest BCUT2D eigenvalue weighted by Crippen LogP contribution is 2.38. The van der Waals surface area contributed by atoms with Gasteiger partial charge in [0.25, 0.3) is 0 Å². The highest BCUT2D eigenvalue weighted by atomic mass is 127.